The summed E-state index contributed by atoms with van der Waals surface area (Å²) in [4.78, 5) is 8.76. The van der Waals surface area contributed by atoms with Gasteiger partial charge in [0, 0.05) is 27.8 Å². The van der Waals surface area contributed by atoms with E-state index in [0.29, 0.717) is 0 Å². The van der Waals surface area contributed by atoms with E-state index in [1.807, 2.05) is 6.07 Å². The zero-order valence-electron chi connectivity index (χ0n) is 9.99. The van der Waals surface area contributed by atoms with E-state index in [9.17, 15) is 0 Å². The molecule has 2 aromatic rings. The fourth-order valence-electron chi connectivity index (χ4n) is 1.40. The summed E-state index contributed by atoms with van der Waals surface area (Å²) in [6.07, 6.45) is 3.53. The highest BCUT2D eigenvalue weighted by Gasteiger charge is 2.21. The van der Waals surface area contributed by atoms with Crippen molar-refractivity contribution in [2.75, 3.05) is 5.73 Å². The minimum absolute atomic E-state index is 0.0243. The van der Waals surface area contributed by atoms with Crippen LogP contribution in [0.2, 0.25) is 0 Å². The van der Waals surface area contributed by atoms with Gasteiger partial charge in [-0.2, -0.15) is 0 Å². The van der Waals surface area contributed by atoms with Gasteiger partial charge in [0.25, 0.3) is 0 Å². The van der Waals surface area contributed by atoms with Crippen molar-refractivity contribution in [1.29, 1.82) is 0 Å². The van der Waals surface area contributed by atoms with Crippen LogP contribution in [0.25, 0.3) is 11.3 Å². The van der Waals surface area contributed by atoms with E-state index in [1.54, 1.807) is 23.7 Å². The molecule has 0 saturated carbocycles. The van der Waals surface area contributed by atoms with Crippen molar-refractivity contribution in [3.63, 3.8) is 0 Å². The monoisotopic (exact) mass is 311 g/mol. The molecular weight excluding hydrogens is 298 g/mol. The predicted molar refractivity (Wildman–Crippen MR) is 76.2 cm³/mol. The zero-order chi connectivity index (χ0) is 12.6. The quantitative estimate of drug-likeness (QED) is 0.870. The number of nitrogens with zero attached hydrogens (tertiary/aromatic N) is 2. The van der Waals surface area contributed by atoms with Crippen LogP contribution in [-0.2, 0) is 5.41 Å². The molecule has 2 N–H and O–H groups in total. The summed E-state index contributed by atoms with van der Waals surface area (Å²) >= 11 is 4.95. The van der Waals surface area contributed by atoms with Gasteiger partial charge in [-0.05, 0) is 22.0 Å². The average molecular weight is 312 g/mol. The Morgan fingerprint density at radius 3 is 2.53 bits per heavy atom. The van der Waals surface area contributed by atoms with Crippen molar-refractivity contribution in [2.45, 2.75) is 26.2 Å². The minimum atomic E-state index is 0.0243. The maximum atomic E-state index is 6.03. The highest BCUT2D eigenvalue weighted by Crippen LogP contribution is 2.36. The molecule has 0 fully saturated rings. The molecule has 90 valence electrons. The van der Waals surface area contributed by atoms with E-state index >= 15 is 0 Å². The van der Waals surface area contributed by atoms with Gasteiger partial charge in [-0.25, -0.2) is 4.98 Å². The highest BCUT2D eigenvalue weighted by atomic mass is 79.9. The number of anilines is 1. The Kier molecular flexibility index (Phi) is 3.23. The first-order valence-corrected chi connectivity index (χ1v) is 6.86. The number of nitrogens with two attached hydrogens (primary N) is 1. The molecule has 0 aliphatic carbocycles. The van der Waals surface area contributed by atoms with Crippen molar-refractivity contribution in [2.24, 2.45) is 0 Å². The van der Waals surface area contributed by atoms with Gasteiger partial charge in [-0.1, -0.05) is 20.8 Å². The van der Waals surface area contributed by atoms with Gasteiger partial charge < -0.3 is 5.73 Å². The van der Waals surface area contributed by atoms with Crippen molar-refractivity contribution in [1.82, 2.24) is 9.97 Å². The van der Waals surface area contributed by atoms with Crippen LogP contribution in [0.4, 0.5) is 5.00 Å². The van der Waals surface area contributed by atoms with Gasteiger partial charge in [-0.15, -0.1) is 11.3 Å². The Morgan fingerprint density at radius 1 is 1.29 bits per heavy atom. The van der Waals surface area contributed by atoms with E-state index in [0.717, 1.165) is 25.7 Å². The molecule has 0 unspecified atom stereocenters. The maximum Gasteiger partial charge on any atom is 0.114 e. The molecule has 0 aliphatic heterocycles. The molecule has 0 spiro atoms. The van der Waals surface area contributed by atoms with Crippen molar-refractivity contribution in [3.05, 3.63) is 27.9 Å². The second-order valence-corrected chi connectivity index (χ2v) is 6.82. The summed E-state index contributed by atoms with van der Waals surface area (Å²) in [5.74, 6) is 0. The number of hydrogen-bond acceptors (Lipinski definition) is 4. The van der Waals surface area contributed by atoms with Crippen LogP contribution in [0.3, 0.4) is 0 Å². The second kappa shape index (κ2) is 4.38. The minimum Gasteiger partial charge on any atom is -0.389 e. The smallest absolute Gasteiger partial charge is 0.114 e. The Labute approximate surface area is 113 Å². The summed E-state index contributed by atoms with van der Waals surface area (Å²) in [6.45, 7) is 6.40. The van der Waals surface area contributed by atoms with E-state index < -0.39 is 0 Å². The zero-order valence-corrected chi connectivity index (χ0v) is 12.4. The van der Waals surface area contributed by atoms with Gasteiger partial charge >= 0.3 is 0 Å². The number of pyridine rings is 1. The number of thiazole rings is 1. The van der Waals surface area contributed by atoms with Crippen LogP contribution in [-0.4, -0.2) is 9.97 Å². The topological polar surface area (TPSA) is 51.8 Å². The summed E-state index contributed by atoms with van der Waals surface area (Å²) in [6, 6.07) is 1.98. The molecule has 3 nitrogen and oxygen atoms in total. The lowest BCUT2D eigenvalue weighted by Crippen LogP contribution is -2.10. The average Bonchev–Trinajstić information content (AvgIpc) is 2.60. The fraction of sp³-hybridized carbons (Fsp3) is 0.333. The van der Waals surface area contributed by atoms with Crippen LogP contribution in [0, 0.1) is 0 Å². The standard InChI is InChI=1S/C12H14BrN3S/c1-12(2,3)11-16-9(10(14)17-11)7-4-8(13)6-15-5-7/h4-6H,14H2,1-3H3. The van der Waals surface area contributed by atoms with Gasteiger partial charge in [0.05, 0.1) is 0 Å². The van der Waals surface area contributed by atoms with E-state index in [2.05, 4.69) is 46.7 Å². The van der Waals surface area contributed by atoms with E-state index in [4.69, 9.17) is 5.73 Å². The highest BCUT2D eigenvalue weighted by molar-refractivity contribution is 9.10. The van der Waals surface area contributed by atoms with Crippen LogP contribution in [0.1, 0.15) is 25.8 Å². The van der Waals surface area contributed by atoms with Crippen LogP contribution >= 0.6 is 27.3 Å². The third-order valence-electron chi connectivity index (χ3n) is 2.27. The molecule has 2 rings (SSSR count). The summed E-state index contributed by atoms with van der Waals surface area (Å²) < 4.78 is 0.930. The molecule has 0 aromatic carbocycles. The second-order valence-electron chi connectivity index (χ2n) is 4.87. The fourth-order valence-corrected chi connectivity index (χ4v) is 2.68. The van der Waals surface area contributed by atoms with Crippen LogP contribution in [0.5, 0.6) is 0 Å². The van der Waals surface area contributed by atoms with Gasteiger partial charge in [0.2, 0.25) is 0 Å². The lowest BCUT2D eigenvalue weighted by Gasteiger charge is -2.13. The Bertz CT molecular complexity index is 543. The number of aromatic nitrogens is 2. The molecule has 0 amide bonds. The molecule has 2 aromatic heterocycles. The number of nitrogen functional groups attached to an aromatic ring is 1. The SMILES string of the molecule is CC(C)(C)c1nc(-c2cncc(Br)c2)c(N)s1. The van der Waals surface area contributed by atoms with Crippen LogP contribution in [0.15, 0.2) is 22.9 Å². The number of halogens is 1. The van der Waals surface area contributed by atoms with Gasteiger partial charge in [0.15, 0.2) is 0 Å². The Balaban J connectivity index is 2.50. The summed E-state index contributed by atoms with van der Waals surface area (Å²) in [7, 11) is 0. The molecule has 0 bridgehead atoms. The normalized spacial score (nSPS) is 11.8. The van der Waals surface area contributed by atoms with Gasteiger partial charge in [-0.3, -0.25) is 4.98 Å². The van der Waals surface area contributed by atoms with Crippen molar-refractivity contribution in [3.8, 4) is 11.3 Å². The summed E-state index contributed by atoms with van der Waals surface area (Å²) in [5.41, 5.74) is 7.83. The van der Waals surface area contributed by atoms with Crippen molar-refractivity contribution >= 4 is 32.3 Å². The molecule has 2 heterocycles. The third-order valence-corrected chi connectivity index (χ3v) is 4.02. The lowest BCUT2D eigenvalue weighted by atomic mass is 9.98. The third kappa shape index (κ3) is 2.66. The maximum absolute atomic E-state index is 6.03. The number of rotatable bonds is 1. The Morgan fingerprint density at radius 2 is 2.00 bits per heavy atom. The lowest BCUT2D eigenvalue weighted by molar-refractivity contribution is 0.586. The first-order chi connectivity index (χ1) is 7.88. The van der Waals surface area contributed by atoms with E-state index in [1.165, 1.54) is 0 Å². The molecule has 0 radical (unpaired) electrons. The first-order valence-electron chi connectivity index (χ1n) is 5.25. The summed E-state index contributed by atoms with van der Waals surface area (Å²) in [5, 5.41) is 1.79. The largest absolute Gasteiger partial charge is 0.389 e. The van der Waals surface area contributed by atoms with E-state index in [-0.39, 0.29) is 5.41 Å². The molecule has 0 atom stereocenters. The molecular formula is C12H14BrN3S. The Hall–Kier alpha value is -0.940. The number of hydrogen-bond donors (Lipinski definition) is 1. The predicted octanol–water partition coefficient (Wildman–Crippen LogP) is 3.85. The van der Waals surface area contributed by atoms with Crippen LogP contribution < -0.4 is 5.73 Å². The van der Waals surface area contributed by atoms with Crippen molar-refractivity contribution < 1.29 is 0 Å². The molecule has 5 heteroatoms. The molecule has 17 heavy (non-hydrogen) atoms. The first kappa shape index (κ1) is 12.5. The van der Waals surface area contributed by atoms with Gasteiger partial charge in [0.1, 0.15) is 15.7 Å². The molecule has 0 aliphatic rings. The molecule has 0 saturated heterocycles.